The number of rotatable bonds is 9. The van der Waals surface area contributed by atoms with Gasteiger partial charge in [-0.2, -0.15) is 0 Å². The lowest BCUT2D eigenvalue weighted by atomic mass is 9.92. The Bertz CT molecular complexity index is 3020. The van der Waals surface area contributed by atoms with E-state index in [0.29, 0.717) is 70.4 Å². The number of anilines is 5. The first kappa shape index (κ1) is 40.6. The van der Waals surface area contributed by atoms with Gasteiger partial charge in [-0.15, -0.1) is 11.3 Å². The van der Waals surface area contributed by atoms with Gasteiger partial charge >= 0.3 is 0 Å². The number of aromatic nitrogens is 3. The highest BCUT2D eigenvalue weighted by Gasteiger charge is 2.40. The zero-order valence-electron chi connectivity index (χ0n) is 41.0. The fourth-order valence-electron chi connectivity index (χ4n) is 11.4. The molecule has 0 saturated carbocycles. The van der Waals surface area contributed by atoms with Gasteiger partial charge in [0.1, 0.15) is 23.4 Å². The minimum atomic E-state index is -2.82. The molecule has 6 aliphatic rings. The van der Waals surface area contributed by atoms with E-state index in [1.165, 1.54) is 22.8 Å². The van der Waals surface area contributed by atoms with Crippen molar-refractivity contribution in [2.75, 3.05) is 59.3 Å². The van der Waals surface area contributed by atoms with Gasteiger partial charge in [0.15, 0.2) is 0 Å². The van der Waals surface area contributed by atoms with Crippen LogP contribution in [0, 0.1) is 0 Å². The Morgan fingerprint density at radius 2 is 1.69 bits per heavy atom. The number of amides is 4. The van der Waals surface area contributed by atoms with Crippen molar-refractivity contribution in [2.45, 2.75) is 96.0 Å². The monoisotopic (exact) mass is 939 g/mol. The number of carbonyl (C=O) groups excluding carboxylic acids is 4. The third-order valence-corrected chi connectivity index (χ3v) is 16.3. The molecule has 68 heavy (non-hydrogen) atoms. The van der Waals surface area contributed by atoms with E-state index in [1.807, 2.05) is 18.2 Å². The molecule has 5 aliphatic heterocycles. The average Bonchev–Trinajstić information content (AvgIpc) is 3.91. The van der Waals surface area contributed by atoms with Crippen molar-refractivity contribution in [1.29, 1.82) is 0 Å². The molecule has 0 spiro atoms. The van der Waals surface area contributed by atoms with Gasteiger partial charge in [0.2, 0.25) is 11.8 Å². The normalized spacial score (nSPS) is 22.1. The average molecular weight is 940 g/mol. The number of pyridine rings is 3. The van der Waals surface area contributed by atoms with E-state index in [1.54, 1.807) is 45.5 Å². The van der Waals surface area contributed by atoms with Crippen molar-refractivity contribution in [3.05, 3.63) is 109 Å². The highest BCUT2D eigenvalue weighted by molar-refractivity contribution is 7.14. The maximum Gasteiger partial charge on any atom is 0.274 e. The number of piperidine rings is 2. The molecule has 11 rings (SSSR count). The zero-order chi connectivity index (χ0) is 49.3. The highest BCUT2D eigenvalue weighted by atomic mass is 32.1. The summed E-state index contributed by atoms with van der Waals surface area (Å²) in [6, 6.07) is 12.9. The molecule has 0 bridgehead atoms. The van der Waals surface area contributed by atoms with Crippen LogP contribution in [0.2, 0.25) is 0 Å². The maximum atomic E-state index is 14.0. The first-order valence-corrected chi connectivity index (χ1v) is 24.6. The summed E-state index contributed by atoms with van der Waals surface area (Å²) in [7, 11) is 0. The van der Waals surface area contributed by atoms with Crippen molar-refractivity contribution >= 4 is 63.7 Å². The van der Waals surface area contributed by atoms with Gasteiger partial charge < -0.3 is 29.7 Å². The first-order valence-electron chi connectivity index (χ1n) is 25.3. The third kappa shape index (κ3) is 7.93. The van der Waals surface area contributed by atoms with E-state index in [4.69, 9.17) is 4.11 Å². The summed E-state index contributed by atoms with van der Waals surface area (Å²) in [4.78, 5) is 87.1. The van der Waals surface area contributed by atoms with E-state index in [0.717, 1.165) is 98.6 Å². The zero-order valence-corrected chi connectivity index (χ0v) is 38.8. The molecular weight excluding hydrogens is 881 g/mol. The topological polar surface area (TPSA) is 177 Å². The largest absolute Gasteiger partial charge is 0.392 e. The predicted molar refractivity (Wildman–Crippen MR) is 261 cm³/mol. The summed E-state index contributed by atoms with van der Waals surface area (Å²) in [5.74, 6) is -0.368. The number of imide groups is 1. The molecule has 16 nitrogen and oxygen atoms in total. The number of aryl methyl sites for hydroxylation is 2. The molecule has 5 aromatic rings. The lowest BCUT2D eigenvalue weighted by Gasteiger charge is -2.46. The second-order valence-corrected chi connectivity index (χ2v) is 20.0. The Labute approximate surface area is 402 Å². The van der Waals surface area contributed by atoms with Crippen LogP contribution in [-0.4, -0.2) is 110 Å². The molecule has 0 radical (unpaired) electrons. The number of nitrogens with one attached hydrogen (secondary N) is 2. The van der Waals surface area contributed by atoms with Gasteiger partial charge in [0.05, 0.1) is 23.4 Å². The maximum absolute atomic E-state index is 14.0. The molecule has 17 heteroatoms. The van der Waals surface area contributed by atoms with Crippen LogP contribution in [0.1, 0.15) is 96.7 Å². The summed E-state index contributed by atoms with van der Waals surface area (Å²) in [6.07, 6.45) is 12.0. The first-order chi connectivity index (χ1) is 34.2. The minimum absolute atomic E-state index is 0.0142. The van der Waals surface area contributed by atoms with Gasteiger partial charge in [-0.3, -0.25) is 39.1 Å². The van der Waals surface area contributed by atoms with Gasteiger partial charge in [-0.25, -0.2) is 9.97 Å². The quantitative estimate of drug-likeness (QED) is 0.166. The van der Waals surface area contributed by atoms with Gasteiger partial charge in [0, 0.05) is 115 Å². The Balaban J connectivity index is 0.741. The van der Waals surface area contributed by atoms with Crippen molar-refractivity contribution in [1.82, 2.24) is 29.7 Å². The molecule has 1 aliphatic carbocycles. The van der Waals surface area contributed by atoms with Crippen LogP contribution in [0.5, 0.6) is 0 Å². The summed E-state index contributed by atoms with van der Waals surface area (Å²) in [5.41, 5.74) is 6.34. The molecule has 4 aromatic heterocycles. The molecular formula is C51H56N10O6S. The van der Waals surface area contributed by atoms with Crippen molar-refractivity contribution in [2.24, 2.45) is 6.98 Å². The molecule has 352 valence electrons. The fraction of sp³-hybridized carbons (Fsp3) is 0.431. The molecule has 1 unspecified atom stereocenters. The number of piperazine rings is 1. The van der Waals surface area contributed by atoms with Gasteiger partial charge in [-0.1, -0.05) is 0 Å². The number of hydrogen-bond acceptors (Lipinski definition) is 13. The van der Waals surface area contributed by atoms with Crippen LogP contribution in [0.3, 0.4) is 0 Å². The number of aliphatic hydroxyl groups is 1. The number of nitrogens with zero attached hydrogens (tertiary/aromatic N) is 8. The van der Waals surface area contributed by atoms with Crippen LogP contribution in [-0.2, 0) is 49.0 Å². The summed E-state index contributed by atoms with van der Waals surface area (Å²) in [5, 5.41) is 16.3. The number of thiophene rings is 1. The fourth-order valence-corrected chi connectivity index (χ4v) is 12.8. The van der Waals surface area contributed by atoms with E-state index in [9.17, 15) is 29.1 Å². The molecule has 4 amide bonds. The number of benzene rings is 1. The smallest absolute Gasteiger partial charge is 0.274 e. The van der Waals surface area contributed by atoms with E-state index in [-0.39, 0.29) is 35.9 Å². The Kier molecular flexibility index (Phi) is 10.7. The Morgan fingerprint density at radius 1 is 0.853 bits per heavy atom. The minimum Gasteiger partial charge on any atom is -0.392 e. The van der Waals surface area contributed by atoms with Gasteiger partial charge in [0.25, 0.3) is 17.4 Å². The Hall–Kier alpha value is -6.43. The molecule has 2 atom stereocenters. The van der Waals surface area contributed by atoms with Crippen molar-refractivity contribution < 1.29 is 28.4 Å². The molecule has 3 N–H and O–H groups in total. The lowest BCUT2D eigenvalue weighted by molar-refractivity contribution is -0.136. The van der Waals surface area contributed by atoms with Crippen molar-refractivity contribution in [3.8, 4) is 11.1 Å². The number of fused-ring (bicyclic) bond motifs is 4. The second-order valence-electron chi connectivity index (χ2n) is 18.9. The van der Waals surface area contributed by atoms with Crippen LogP contribution < -0.4 is 30.9 Å². The number of aliphatic hydroxyl groups excluding tert-OH is 1. The van der Waals surface area contributed by atoms with Crippen LogP contribution >= 0.6 is 11.3 Å². The lowest BCUT2D eigenvalue weighted by Crippen LogP contribution is -2.57. The molecule has 9 heterocycles. The number of hydrogen-bond donors (Lipinski definition) is 3. The summed E-state index contributed by atoms with van der Waals surface area (Å²) in [6.45, 7) is 3.98. The third-order valence-electron chi connectivity index (χ3n) is 14.9. The highest BCUT2D eigenvalue weighted by Crippen LogP contribution is 2.40. The molecule has 3 saturated heterocycles. The predicted octanol–water partition coefficient (Wildman–Crippen LogP) is 5.16. The van der Waals surface area contributed by atoms with Crippen LogP contribution in [0.25, 0.3) is 11.1 Å². The van der Waals surface area contributed by atoms with E-state index in [2.05, 4.69) is 48.3 Å². The SMILES string of the molecule is [2H]C([2H])([2H])n1cc(-c2ccnc(N3CCc4c(sc5c4CCCC5)C3=O)c2CO)cc(Nc2ccc(N3CCN(C4CCN(c5ccc6c(c5)CN(C5CCC(=O)NC5=O)C6=O)CC4)C[C@@H]3C)cn2)c1=O. The van der Waals surface area contributed by atoms with Crippen molar-refractivity contribution in [3.63, 3.8) is 0 Å². The van der Waals surface area contributed by atoms with Gasteiger partial charge in [-0.05, 0) is 123 Å². The Morgan fingerprint density at radius 3 is 2.47 bits per heavy atom. The summed E-state index contributed by atoms with van der Waals surface area (Å²) < 4.78 is 25.5. The molecule has 1 aromatic carbocycles. The standard InChI is InChI=1S/C51H56N10O6S/c1-30-26-58(33-14-18-57(19-15-33)34-7-9-37-31(23-34)28-61(49(37)65)42-10-12-45(63)55-48(42)64)21-22-59(30)35-8-11-44(53-25-35)54-41-24-32(27-56(2)50(41)66)36-13-17-52-47(40(36)29-62)60-20-16-39-38-5-3-4-6-43(38)68-46(39)51(60)67/h7-9,11,13,17,23-25,27,30,33,42,62H,3-6,10,12,14-16,18-22,26,28-29H2,1-2H3,(H,53,54)(H,55,63,64)/t30-,42?/m0/s1/i2D3. The second kappa shape index (κ2) is 17.9. The summed E-state index contributed by atoms with van der Waals surface area (Å²) >= 11 is 1.56. The molecule has 3 fully saturated rings. The van der Waals surface area contributed by atoms with Crippen LogP contribution in [0.15, 0.2) is 65.8 Å². The number of carbonyl (C=O) groups is 4. The van der Waals surface area contributed by atoms with E-state index >= 15 is 0 Å². The van der Waals surface area contributed by atoms with E-state index < -0.39 is 31.1 Å². The van der Waals surface area contributed by atoms with Crippen LogP contribution in [0.4, 0.5) is 28.7 Å².